The molecule has 1 heterocycles. The first-order valence-electron chi connectivity index (χ1n) is 5.33. The summed E-state index contributed by atoms with van der Waals surface area (Å²) < 4.78 is 4.50. The van der Waals surface area contributed by atoms with E-state index >= 15 is 0 Å². The van der Waals surface area contributed by atoms with Crippen molar-refractivity contribution in [3.8, 4) is 6.07 Å². The number of hydrogen-bond acceptors (Lipinski definition) is 5. The Morgan fingerprint density at radius 1 is 1.20 bits per heavy atom. The van der Waals surface area contributed by atoms with Crippen molar-refractivity contribution in [3.63, 3.8) is 0 Å². The number of amides is 2. The van der Waals surface area contributed by atoms with Gasteiger partial charge in [-0.25, -0.2) is 0 Å². The number of ether oxygens (including phenoxy) is 1. The molecule has 1 aromatic rings. The second kappa shape index (κ2) is 5.49. The van der Waals surface area contributed by atoms with Crippen molar-refractivity contribution in [1.82, 2.24) is 4.90 Å². The molecule has 0 aliphatic carbocycles. The normalized spacial score (nSPS) is 13.2. The van der Waals surface area contributed by atoms with Crippen molar-refractivity contribution in [1.29, 1.82) is 5.26 Å². The molecule has 0 fully saturated rings. The van der Waals surface area contributed by atoms with E-state index in [0.717, 1.165) is 4.90 Å². The molecule has 0 aromatic heterocycles. The van der Waals surface area contributed by atoms with Crippen LogP contribution in [-0.2, 0) is 9.53 Å². The minimum Gasteiger partial charge on any atom is -0.449 e. The van der Waals surface area contributed by atoms with Crippen LogP contribution in [0.5, 0.6) is 0 Å². The van der Waals surface area contributed by atoms with Crippen LogP contribution in [0.25, 0.3) is 0 Å². The maximum absolute atomic E-state index is 12.0. The molecular formula is C12H6Cl2N2O4. The lowest BCUT2D eigenvalue weighted by Gasteiger charge is -2.11. The molecule has 1 aliphatic rings. The fourth-order valence-corrected chi connectivity index (χ4v) is 2.04. The molecule has 2 rings (SSSR count). The molecule has 6 nitrogen and oxygen atoms in total. The zero-order valence-corrected chi connectivity index (χ0v) is 11.4. The zero-order valence-electron chi connectivity index (χ0n) is 9.85. The fraction of sp³-hybridized carbons (Fsp3) is 0.167. The quantitative estimate of drug-likeness (QED) is 0.625. The maximum Gasteiger partial charge on any atom is 0.327 e. The maximum atomic E-state index is 12.0. The lowest BCUT2D eigenvalue weighted by Crippen LogP contribution is -2.35. The molecule has 0 bridgehead atoms. The second-order valence-corrected chi connectivity index (χ2v) is 4.64. The molecule has 0 spiro atoms. The minimum absolute atomic E-state index is 0.0810. The SMILES string of the molecule is N#CCOC(=O)CN1C(=O)c2cc(Cl)c(Cl)cc2C1=O. The number of imide groups is 1. The van der Waals surface area contributed by atoms with Crippen LogP contribution in [0, 0.1) is 11.3 Å². The number of hydrogen-bond donors (Lipinski definition) is 0. The van der Waals surface area contributed by atoms with Gasteiger partial charge in [-0.15, -0.1) is 0 Å². The average molecular weight is 313 g/mol. The Labute approximate surface area is 123 Å². The lowest BCUT2D eigenvalue weighted by atomic mass is 10.1. The van der Waals surface area contributed by atoms with Gasteiger partial charge in [0.25, 0.3) is 11.8 Å². The van der Waals surface area contributed by atoms with Crippen LogP contribution < -0.4 is 0 Å². The Balaban J connectivity index is 2.24. The van der Waals surface area contributed by atoms with Gasteiger partial charge in [0.05, 0.1) is 21.2 Å². The van der Waals surface area contributed by atoms with E-state index in [1.165, 1.54) is 12.1 Å². The van der Waals surface area contributed by atoms with Gasteiger partial charge < -0.3 is 4.74 Å². The molecular weight excluding hydrogens is 307 g/mol. The summed E-state index contributed by atoms with van der Waals surface area (Å²) in [5.74, 6) is -2.16. The first-order valence-corrected chi connectivity index (χ1v) is 6.09. The summed E-state index contributed by atoms with van der Waals surface area (Å²) >= 11 is 11.6. The number of nitrogens with zero attached hydrogens (tertiary/aromatic N) is 2. The largest absolute Gasteiger partial charge is 0.449 e. The molecule has 0 saturated carbocycles. The second-order valence-electron chi connectivity index (χ2n) is 3.83. The molecule has 8 heteroatoms. The topological polar surface area (TPSA) is 87.5 Å². The van der Waals surface area contributed by atoms with Crippen molar-refractivity contribution >= 4 is 41.0 Å². The van der Waals surface area contributed by atoms with Crippen molar-refractivity contribution in [3.05, 3.63) is 33.3 Å². The van der Waals surface area contributed by atoms with Crippen molar-refractivity contribution < 1.29 is 19.1 Å². The average Bonchev–Trinajstić information content (AvgIpc) is 2.63. The van der Waals surface area contributed by atoms with Gasteiger partial charge in [0.2, 0.25) is 0 Å². The van der Waals surface area contributed by atoms with E-state index in [0.29, 0.717) is 0 Å². The highest BCUT2D eigenvalue weighted by Gasteiger charge is 2.37. The predicted octanol–water partition coefficient (Wildman–Crippen LogP) is 1.66. The van der Waals surface area contributed by atoms with Gasteiger partial charge in [0.1, 0.15) is 12.6 Å². The Hall–Kier alpha value is -2.10. The van der Waals surface area contributed by atoms with Crippen molar-refractivity contribution in [2.24, 2.45) is 0 Å². The first-order chi connectivity index (χ1) is 9.45. The van der Waals surface area contributed by atoms with Gasteiger partial charge >= 0.3 is 5.97 Å². The molecule has 0 saturated heterocycles. The van der Waals surface area contributed by atoms with Crippen LogP contribution in [0.15, 0.2) is 12.1 Å². The zero-order chi connectivity index (χ0) is 14.9. The Bertz CT molecular complexity index is 625. The molecule has 0 unspecified atom stereocenters. The van der Waals surface area contributed by atoms with Crippen LogP contribution in [-0.4, -0.2) is 35.8 Å². The van der Waals surface area contributed by atoms with Gasteiger partial charge in [-0.05, 0) is 12.1 Å². The predicted molar refractivity (Wildman–Crippen MR) is 68.4 cm³/mol. The van der Waals surface area contributed by atoms with E-state index in [-0.39, 0.29) is 21.2 Å². The van der Waals surface area contributed by atoms with Crippen LogP contribution in [0.3, 0.4) is 0 Å². The number of fused-ring (bicyclic) bond motifs is 1. The summed E-state index contributed by atoms with van der Waals surface area (Å²) in [6.07, 6.45) is 0. The fourth-order valence-electron chi connectivity index (χ4n) is 1.71. The van der Waals surface area contributed by atoms with Gasteiger partial charge in [0.15, 0.2) is 6.61 Å². The molecule has 1 aromatic carbocycles. The van der Waals surface area contributed by atoms with Gasteiger partial charge in [-0.1, -0.05) is 23.2 Å². The number of esters is 1. The number of nitriles is 1. The highest BCUT2D eigenvalue weighted by molar-refractivity contribution is 6.43. The molecule has 1 aliphatic heterocycles. The Morgan fingerprint density at radius 2 is 1.70 bits per heavy atom. The third-order valence-electron chi connectivity index (χ3n) is 2.60. The highest BCUT2D eigenvalue weighted by Crippen LogP contribution is 2.31. The van der Waals surface area contributed by atoms with E-state index < -0.39 is 30.9 Å². The smallest absolute Gasteiger partial charge is 0.327 e. The van der Waals surface area contributed by atoms with Gasteiger partial charge in [0, 0.05) is 0 Å². The van der Waals surface area contributed by atoms with Gasteiger partial charge in [-0.2, -0.15) is 5.26 Å². The number of carbonyl (C=O) groups is 3. The molecule has 0 atom stereocenters. The summed E-state index contributed by atoms with van der Waals surface area (Å²) in [4.78, 5) is 36.1. The summed E-state index contributed by atoms with van der Waals surface area (Å²) in [6, 6.07) is 4.17. The molecule has 20 heavy (non-hydrogen) atoms. The molecule has 0 N–H and O–H groups in total. The number of rotatable bonds is 3. The summed E-state index contributed by atoms with van der Waals surface area (Å²) in [7, 11) is 0. The lowest BCUT2D eigenvalue weighted by molar-refractivity contribution is -0.142. The van der Waals surface area contributed by atoms with E-state index in [4.69, 9.17) is 28.5 Å². The van der Waals surface area contributed by atoms with E-state index in [1.807, 2.05) is 0 Å². The first kappa shape index (κ1) is 14.3. The Morgan fingerprint density at radius 3 is 2.15 bits per heavy atom. The molecule has 2 amide bonds. The van der Waals surface area contributed by atoms with E-state index in [1.54, 1.807) is 6.07 Å². The van der Waals surface area contributed by atoms with Gasteiger partial charge in [-0.3, -0.25) is 19.3 Å². The minimum atomic E-state index is -0.849. The third-order valence-corrected chi connectivity index (χ3v) is 3.32. The van der Waals surface area contributed by atoms with E-state index in [9.17, 15) is 14.4 Å². The summed E-state index contributed by atoms with van der Waals surface area (Å²) in [5.41, 5.74) is 0.162. The third kappa shape index (κ3) is 2.46. The van der Waals surface area contributed by atoms with Crippen molar-refractivity contribution in [2.75, 3.05) is 13.2 Å². The van der Waals surface area contributed by atoms with Crippen LogP contribution in [0.2, 0.25) is 10.0 Å². The van der Waals surface area contributed by atoms with Crippen LogP contribution >= 0.6 is 23.2 Å². The molecule has 0 radical (unpaired) electrons. The number of halogens is 2. The van der Waals surface area contributed by atoms with Crippen LogP contribution in [0.1, 0.15) is 20.7 Å². The summed E-state index contributed by atoms with van der Waals surface area (Å²) in [5, 5.41) is 8.56. The molecule has 102 valence electrons. The number of benzene rings is 1. The monoisotopic (exact) mass is 312 g/mol. The van der Waals surface area contributed by atoms with Crippen molar-refractivity contribution in [2.45, 2.75) is 0 Å². The highest BCUT2D eigenvalue weighted by atomic mass is 35.5. The summed E-state index contributed by atoms with van der Waals surface area (Å²) in [6.45, 7) is -1.01. The van der Waals surface area contributed by atoms with E-state index in [2.05, 4.69) is 4.74 Å². The van der Waals surface area contributed by atoms with Crippen LogP contribution in [0.4, 0.5) is 0 Å². The Kier molecular flexibility index (Phi) is 3.93. The standard InChI is InChI=1S/C12H6Cl2N2O4/c13-8-3-6-7(4-9(8)14)12(19)16(11(6)18)5-10(17)20-2-1-15/h3-4H,2,5H2. The number of carbonyl (C=O) groups excluding carboxylic acids is 3.